The molecule has 0 radical (unpaired) electrons. The van der Waals surface area contributed by atoms with Crippen molar-refractivity contribution in [1.82, 2.24) is 0 Å². The van der Waals surface area contributed by atoms with E-state index in [0.717, 1.165) is 12.1 Å². The molecule has 0 amide bonds. The predicted octanol–water partition coefficient (Wildman–Crippen LogP) is 1.98. The van der Waals surface area contributed by atoms with Gasteiger partial charge in [0.1, 0.15) is 0 Å². The van der Waals surface area contributed by atoms with Crippen molar-refractivity contribution in [2.24, 2.45) is 0 Å². The van der Waals surface area contributed by atoms with Crippen LogP contribution in [0.1, 0.15) is 0 Å². The molecule has 0 aliphatic rings. The van der Waals surface area contributed by atoms with Crippen molar-refractivity contribution in [2.45, 2.75) is 4.90 Å². The van der Waals surface area contributed by atoms with Gasteiger partial charge in [0.25, 0.3) is 15.7 Å². The first-order chi connectivity index (χ1) is 9.40. The second kappa shape index (κ2) is 5.17. The summed E-state index contributed by atoms with van der Waals surface area (Å²) in [4.78, 5) is 9.67. The van der Waals surface area contributed by atoms with Crippen LogP contribution in [0.4, 0.5) is 17.1 Å². The van der Waals surface area contributed by atoms with Gasteiger partial charge in [-0.25, -0.2) is 8.42 Å². The zero-order chi connectivity index (χ0) is 14.8. The molecule has 7 nitrogen and oxygen atoms in total. The number of nitrogens with two attached hydrogens (primary N) is 1. The highest BCUT2D eigenvalue weighted by molar-refractivity contribution is 7.92. The quantitative estimate of drug-likeness (QED) is 0.508. The Morgan fingerprint density at radius 1 is 1.10 bits per heavy atom. The van der Waals surface area contributed by atoms with E-state index < -0.39 is 25.5 Å². The predicted molar refractivity (Wildman–Crippen MR) is 74.8 cm³/mol. The third-order valence-electron chi connectivity index (χ3n) is 2.50. The number of anilines is 2. The summed E-state index contributed by atoms with van der Waals surface area (Å²) in [7, 11) is -4.08. The molecule has 104 valence electrons. The molecule has 0 aliphatic carbocycles. The summed E-state index contributed by atoms with van der Waals surface area (Å²) in [5.41, 5.74) is 5.42. The van der Waals surface area contributed by atoms with Crippen molar-refractivity contribution >= 4 is 27.1 Å². The average molecular weight is 293 g/mol. The van der Waals surface area contributed by atoms with Crippen LogP contribution in [-0.4, -0.2) is 13.3 Å². The Balaban J connectivity index is 2.49. The van der Waals surface area contributed by atoms with Gasteiger partial charge in [-0.15, -0.1) is 0 Å². The van der Waals surface area contributed by atoms with Gasteiger partial charge >= 0.3 is 0 Å². The summed E-state index contributed by atoms with van der Waals surface area (Å²) in [6.07, 6.45) is 0. The van der Waals surface area contributed by atoms with Crippen LogP contribution in [0.15, 0.2) is 53.4 Å². The van der Waals surface area contributed by atoms with Crippen LogP contribution in [0.2, 0.25) is 0 Å². The SMILES string of the molecule is Nc1ccc([N+](=O)[O-])c(S(=O)(=O)Nc2ccccc2)c1. The zero-order valence-electron chi connectivity index (χ0n) is 10.2. The van der Waals surface area contributed by atoms with E-state index in [-0.39, 0.29) is 5.69 Å². The fraction of sp³-hybridized carbons (Fsp3) is 0. The van der Waals surface area contributed by atoms with Gasteiger partial charge in [0.15, 0.2) is 4.90 Å². The van der Waals surface area contributed by atoms with Gasteiger partial charge in [-0.2, -0.15) is 0 Å². The van der Waals surface area contributed by atoms with Gasteiger partial charge in [0.2, 0.25) is 0 Å². The number of nitrogens with zero attached hydrogens (tertiary/aromatic N) is 1. The molecule has 0 bridgehead atoms. The fourth-order valence-electron chi connectivity index (χ4n) is 1.61. The molecule has 0 saturated carbocycles. The van der Waals surface area contributed by atoms with Crippen LogP contribution in [0.25, 0.3) is 0 Å². The molecule has 0 atom stereocenters. The molecule has 0 unspecified atom stereocenters. The van der Waals surface area contributed by atoms with E-state index in [9.17, 15) is 18.5 Å². The Labute approximate surface area is 115 Å². The molecule has 0 spiro atoms. The lowest BCUT2D eigenvalue weighted by molar-refractivity contribution is -0.387. The highest BCUT2D eigenvalue weighted by Crippen LogP contribution is 2.27. The van der Waals surface area contributed by atoms with Gasteiger partial charge in [-0.1, -0.05) is 18.2 Å². The first kappa shape index (κ1) is 13.8. The summed E-state index contributed by atoms with van der Waals surface area (Å²) >= 11 is 0. The van der Waals surface area contributed by atoms with Gasteiger partial charge in [0, 0.05) is 17.4 Å². The van der Waals surface area contributed by atoms with Crippen LogP contribution < -0.4 is 10.5 Å². The number of nitro groups is 1. The van der Waals surface area contributed by atoms with Crippen molar-refractivity contribution in [3.63, 3.8) is 0 Å². The first-order valence-corrected chi connectivity index (χ1v) is 7.00. The van der Waals surface area contributed by atoms with E-state index in [2.05, 4.69) is 4.72 Å². The van der Waals surface area contributed by atoms with Gasteiger partial charge in [0.05, 0.1) is 4.92 Å². The largest absolute Gasteiger partial charge is 0.399 e. The average Bonchev–Trinajstić information content (AvgIpc) is 2.39. The summed E-state index contributed by atoms with van der Waals surface area (Å²) in [6, 6.07) is 11.5. The van der Waals surface area contributed by atoms with Gasteiger partial charge < -0.3 is 5.73 Å². The second-order valence-electron chi connectivity index (χ2n) is 3.96. The molecule has 8 heteroatoms. The second-order valence-corrected chi connectivity index (χ2v) is 5.61. The Morgan fingerprint density at radius 2 is 1.75 bits per heavy atom. The number of sulfonamides is 1. The number of rotatable bonds is 4. The third-order valence-corrected chi connectivity index (χ3v) is 3.91. The number of nitrogens with one attached hydrogen (secondary N) is 1. The van der Waals surface area contributed by atoms with E-state index in [0.29, 0.717) is 5.69 Å². The van der Waals surface area contributed by atoms with Crippen LogP contribution in [-0.2, 0) is 10.0 Å². The molecular weight excluding hydrogens is 282 g/mol. The minimum Gasteiger partial charge on any atom is -0.399 e. The number of nitro benzene ring substituents is 1. The topological polar surface area (TPSA) is 115 Å². The van der Waals surface area contributed by atoms with E-state index in [1.165, 1.54) is 18.2 Å². The van der Waals surface area contributed by atoms with Crippen LogP contribution in [0.3, 0.4) is 0 Å². The highest BCUT2D eigenvalue weighted by atomic mass is 32.2. The van der Waals surface area contributed by atoms with Crippen LogP contribution in [0.5, 0.6) is 0 Å². The van der Waals surface area contributed by atoms with Gasteiger partial charge in [-0.05, 0) is 24.3 Å². The Morgan fingerprint density at radius 3 is 2.35 bits per heavy atom. The van der Waals surface area contributed by atoms with Crippen molar-refractivity contribution in [3.05, 3.63) is 58.6 Å². The van der Waals surface area contributed by atoms with Crippen LogP contribution in [0, 0.1) is 10.1 Å². The lowest BCUT2D eigenvalue weighted by Gasteiger charge is -2.08. The van der Waals surface area contributed by atoms with Crippen molar-refractivity contribution < 1.29 is 13.3 Å². The van der Waals surface area contributed by atoms with E-state index in [4.69, 9.17) is 5.73 Å². The summed E-state index contributed by atoms with van der Waals surface area (Å²) in [5.74, 6) is 0. The first-order valence-electron chi connectivity index (χ1n) is 5.52. The molecule has 2 aromatic carbocycles. The summed E-state index contributed by atoms with van der Waals surface area (Å²) in [5, 5.41) is 10.9. The number of para-hydroxylation sites is 1. The maximum atomic E-state index is 12.2. The molecule has 0 saturated heterocycles. The lowest BCUT2D eigenvalue weighted by Crippen LogP contribution is -2.15. The lowest BCUT2D eigenvalue weighted by atomic mass is 10.3. The molecule has 0 fully saturated rings. The van der Waals surface area contributed by atoms with E-state index in [1.54, 1.807) is 18.2 Å². The van der Waals surface area contributed by atoms with Crippen molar-refractivity contribution in [2.75, 3.05) is 10.5 Å². The Kier molecular flexibility index (Phi) is 3.57. The van der Waals surface area contributed by atoms with E-state index >= 15 is 0 Å². The van der Waals surface area contributed by atoms with Crippen molar-refractivity contribution in [3.8, 4) is 0 Å². The number of benzene rings is 2. The molecule has 0 heterocycles. The minimum atomic E-state index is -4.08. The minimum absolute atomic E-state index is 0.129. The maximum Gasteiger partial charge on any atom is 0.290 e. The van der Waals surface area contributed by atoms with Crippen molar-refractivity contribution in [1.29, 1.82) is 0 Å². The standard InChI is InChI=1S/C12H11N3O4S/c13-9-6-7-11(15(16)17)12(8-9)20(18,19)14-10-4-2-1-3-5-10/h1-8,14H,13H2. The highest BCUT2D eigenvalue weighted by Gasteiger charge is 2.26. The number of nitrogen functional groups attached to an aromatic ring is 1. The Bertz CT molecular complexity index is 745. The maximum absolute atomic E-state index is 12.2. The molecule has 2 rings (SSSR count). The molecule has 3 N–H and O–H groups in total. The normalized spacial score (nSPS) is 11.0. The monoisotopic (exact) mass is 293 g/mol. The number of hydrogen-bond acceptors (Lipinski definition) is 5. The van der Waals surface area contributed by atoms with Gasteiger partial charge in [-0.3, -0.25) is 14.8 Å². The molecular formula is C12H11N3O4S. The summed E-state index contributed by atoms with van der Waals surface area (Å²) < 4.78 is 26.7. The molecule has 2 aromatic rings. The number of hydrogen-bond donors (Lipinski definition) is 2. The smallest absolute Gasteiger partial charge is 0.290 e. The van der Waals surface area contributed by atoms with E-state index in [1.807, 2.05) is 0 Å². The molecule has 20 heavy (non-hydrogen) atoms. The molecule has 0 aliphatic heterocycles. The molecule has 0 aromatic heterocycles. The van der Waals surface area contributed by atoms with Crippen LogP contribution >= 0.6 is 0 Å². The Hall–Kier alpha value is -2.61. The zero-order valence-corrected chi connectivity index (χ0v) is 11.0. The summed E-state index contributed by atoms with van der Waals surface area (Å²) in [6.45, 7) is 0. The fourth-order valence-corrected chi connectivity index (χ4v) is 2.88. The third kappa shape index (κ3) is 2.86.